The molecule has 7 nitrogen and oxygen atoms in total. The fraction of sp³-hybridized carbons (Fsp3) is 0.444. The lowest BCUT2D eigenvalue weighted by Gasteiger charge is -2.16. The summed E-state index contributed by atoms with van der Waals surface area (Å²) in [6, 6.07) is 7.53. The highest BCUT2D eigenvalue weighted by Gasteiger charge is 2.28. The summed E-state index contributed by atoms with van der Waals surface area (Å²) in [7, 11) is 0. The summed E-state index contributed by atoms with van der Waals surface area (Å²) in [5.41, 5.74) is 1.81. The number of likely N-dealkylation sites (tertiary alicyclic amines) is 1. The molecular formula is C18H21N3O4. The highest BCUT2D eigenvalue weighted by Crippen LogP contribution is 2.21. The maximum absolute atomic E-state index is 11.9. The second kappa shape index (κ2) is 7.46. The minimum atomic E-state index is -0.204. The molecule has 2 fully saturated rings. The average molecular weight is 343 g/mol. The molecule has 2 heterocycles. The summed E-state index contributed by atoms with van der Waals surface area (Å²) in [5, 5.41) is 2.78. The number of carbonyl (C=O) groups is 4. The molecule has 0 spiro atoms. The van der Waals surface area contributed by atoms with Crippen molar-refractivity contribution in [3.63, 3.8) is 0 Å². The van der Waals surface area contributed by atoms with Crippen LogP contribution in [0.25, 0.3) is 0 Å². The van der Waals surface area contributed by atoms with Gasteiger partial charge in [0.25, 0.3) is 0 Å². The first kappa shape index (κ1) is 17.1. The van der Waals surface area contributed by atoms with Crippen molar-refractivity contribution in [2.75, 3.05) is 18.0 Å². The van der Waals surface area contributed by atoms with Gasteiger partial charge in [-0.3, -0.25) is 24.1 Å². The molecule has 7 heteroatoms. The fourth-order valence-electron chi connectivity index (χ4n) is 3.09. The van der Waals surface area contributed by atoms with Gasteiger partial charge in [-0.05, 0) is 24.1 Å². The predicted molar refractivity (Wildman–Crippen MR) is 90.4 cm³/mol. The van der Waals surface area contributed by atoms with Crippen molar-refractivity contribution in [1.29, 1.82) is 0 Å². The average Bonchev–Trinajstić information content (AvgIpc) is 3.17. The Hall–Kier alpha value is -2.70. The molecule has 2 saturated heterocycles. The van der Waals surface area contributed by atoms with Gasteiger partial charge in [-0.15, -0.1) is 0 Å². The number of nitrogens with one attached hydrogen (secondary N) is 1. The maximum Gasteiger partial charge on any atom is 0.229 e. The molecular weight excluding hydrogens is 322 g/mol. The zero-order chi connectivity index (χ0) is 17.8. The van der Waals surface area contributed by atoms with E-state index in [-0.39, 0.29) is 49.4 Å². The summed E-state index contributed by atoms with van der Waals surface area (Å²) in [6.07, 6.45) is 2.08. The lowest BCUT2D eigenvalue weighted by molar-refractivity contribution is -0.138. The molecule has 2 aliphatic rings. The van der Waals surface area contributed by atoms with E-state index in [1.54, 1.807) is 4.90 Å². The van der Waals surface area contributed by atoms with Crippen molar-refractivity contribution in [2.45, 2.75) is 38.6 Å². The second-order valence-corrected chi connectivity index (χ2v) is 6.28. The topological polar surface area (TPSA) is 86.8 Å². The van der Waals surface area contributed by atoms with Crippen LogP contribution in [0, 0.1) is 0 Å². The number of imide groups is 1. The highest BCUT2D eigenvalue weighted by molar-refractivity contribution is 6.02. The molecule has 1 N–H and O–H groups in total. The van der Waals surface area contributed by atoms with Gasteiger partial charge in [0.2, 0.25) is 23.6 Å². The number of hydrogen-bond donors (Lipinski definition) is 1. The largest absolute Gasteiger partial charge is 0.352 e. The molecule has 0 bridgehead atoms. The van der Waals surface area contributed by atoms with E-state index >= 15 is 0 Å². The number of nitrogens with zero attached hydrogens (tertiary/aromatic N) is 2. The van der Waals surface area contributed by atoms with Crippen molar-refractivity contribution in [2.24, 2.45) is 0 Å². The second-order valence-electron chi connectivity index (χ2n) is 6.28. The monoisotopic (exact) mass is 343 g/mol. The van der Waals surface area contributed by atoms with Crippen LogP contribution in [-0.4, -0.2) is 41.6 Å². The molecule has 0 aromatic heterocycles. The Bertz CT molecular complexity index is 683. The number of benzene rings is 1. The molecule has 0 unspecified atom stereocenters. The molecule has 0 aliphatic carbocycles. The molecule has 2 aliphatic heterocycles. The molecule has 25 heavy (non-hydrogen) atoms. The molecule has 3 rings (SSSR count). The van der Waals surface area contributed by atoms with Crippen LogP contribution in [-0.2, 0) is 25.7 Å². The predicted octanol–water partition coefficient (Wildman–Crippen LogP) is 0.969. The molecule has 1 aromatic carbocycles. The van der Waals surface area contributed by atoms with Gasteiger partial charge < -0.3 is 10.2 Å². The zero-order valence-electron chi connectivity index (χ0n) is 14.0. The van der Waals surface area contributed by atoms with Gasteiger partial charge in [0.05, 0.1) is 0 Å². The Morgan fingerprint density at radius 3 is 2.24 bits per heavy atom. The minimum absolute atomic E-state index is 0.109. The van der Waals surface area contributed by atoms with Gasteiger partial charge in [-0.25, -0.2) is 0 Å². The molecule has 0 saturated carbocycles. The highest BCUT2D eigenvalue weighted by atomic mass is 16.2. The SMILES string of the molecule is O=C(CCN1C(=O)CCC1=O)NCc1ccc(N2CCCC2=O)cc1. The van der Waals surface area contributed by atoms with E-state index in [9.17, 15) is 19.2 Å². The molecule has 4 amide bonds. The number of amides is 4. The lowest BCUT2D eigenvalue weighted by Crippen LogP contribution is -2.34. The van der Waals surface area contributed by atoms with Crippen molar-refractivity contribution >= 4 is 29.3 Å². The summed E-state index contributed by atoms with van der Waals surface area (Å²) in [5.74, 6) is -0.465. The van der Waals surface area contributed by atoms with Gasteiger partial charge in [0, 0.05) is 51.0 Å². The van der Waals surface area contributed by atoms with Crippen LogP contribution < -0.4 is 10.2 Å². The first-order valence-electron chi connectivity index (χ1n) is 8.54. The first-order valence-corrected chi connectivity index (χ1v) is 8.54. The Kier molecular flexibility index (Phi) is 5.11. The van der Waals surface area contributed by atoms with E-state index in [4.69, 9.17) is 0 Å². The molecule has 1 aromatic rings. The zero-order valence-corrected chi connectivity index (χ0v) is 14.0. The van der Waals surface area contributed by atoms with Crippen LogP contribution in [0.5, 0.6) is 0 Å². The van der Waals surface area contributed by atoms with E-state index in [2.05, 4.69) is 5.32 Å². The van der Waals surface area contributed by atoms with Crippen molar-refractivity contribution in [1.82, 2.24) is 10.2 Å². The smallest absolute Gasteiger partial charge is 0.229 e. The normalized spacial score (nSPS) is 17.5. The Balaban J connectivity index is 1.45. The maximum atomic E-state index is 11.9. The summed E-state index contributed by atoms with van der Waals surface area (Å²) in [6.45, 7) is 1.26. The first-order chi connectivity index (χ1) is 12.0. The Morgan fingerprint density at radius 2 is 1.64 bits per heavy atom. The molecule has 132 valence electrons. The van der Waals surface area contributed by atoms with Crippen molar-refractivity contribution in [3.05, 3.63) is 29.8 Å². The summed E-state index contributed by atoms with van der Waals surface area (Å²) < 4.78 is 0. The Labute approximate surface area is 146 Å². The lowest BCUT2D eigenvalue weighted by atomic mass is 10.2. The summed E-state index contributed by atoms with van der Waals surface area (Å²) >= 11 is 0. The third-order valence-electron chi connectivity index (χ3n) is 4.53. The number of rotatable bonds is 6. The van der Waals surface area contributed by atoms with Gasteiger partial charge in [0.1, 0.15) is 0 Å². The standard InChI is InChI=1S/C18H21N3O4/c22-15(9-11-21-17(24)7-8-18(21)25)19-12-13-3-5-14(6-4-13)20-10-1-2-16(20)23/h3-6H,1-2,7-12H2,(H,19,22). The van der Waals surface area contributed by atoms with Gasteiger partial charge in [0.15, 0.2) is 0 Å². The van der Waals surface area contributed by atoms with Crippen LogP contribution in [0.3, 0.4) is 0 Å². The minimum Gasteiger partial charge on any atom is -0.352 e. The molecule has 0 radical (unpaired) electrons. The van der Waals surface area contributed by atoms with Crippen LogP contribution in [0.1, 0.15) is 37.7 Å². The Morgan fingerprint density at radius 1 is 0.960 bits per heavy atom. The van der Waals surface area contributed by atoms with E-state index < -0.39 is 0 Å². The number of anilines is 1. The third-order valence-corrected chi connectivity index (χ3v) is 4.53. The van der Waals surface area contributed by atoms with Crippen LogP contribution in [0.2, 0.25) is 0 Å². The summed E-state index contributed by atoms with van der Waals surface area (Å²) in [4.78, 5) is 49.5. The number of hydrogen-bond acceptors (Lipinski definition) is 4. The van der Waals surface area contributed by atoms with E-state index in [0.717, 1.165) is 29.1 Å². The van der Waals surface area contributed by atoms with E-state index in [1.165, 1.54) is 0 Å². The van der Waals surface area contributed by atoms with Crippen LogP contribution in [0.4, 0.5) is 5.69 Å². The van der Waals surface area contributed by atoms with Crippen molar-refractivity contribution in [3.8, 4) is 0 Å². The quantitative estimate of drug-likeness (QED) is 0.780. The van der Waals surface area contributed by atoms with Crippen LogP contribution >= 0.6 is 0 Å². The van der Waals surface area contributed by atoms with Gasteiger partial charge in [-0.1, -0.05) is 12.1 Å². The van der Waals surface area contributed by atoms with E-state index in [1.807, 2.05) is 24.3 Å². The van der Waals surface area contributed by atoms with Crippen molar-refractivity contribution < 1.29 is 19.2 Å². The fourth-order valence-corrected chi connectivity index (χ4v) is 3.09. The number of carbonyl (C=O) groups excluding carboxylic acids is 4. The molecule has 0 atom stereocenters. The van der Waals surface area contributed by atoms with Crippen LogP contribution in [0.15, 0.2) is 24.3 Å². The van der Waals surface area contributed by atoms with Gasteiger partial charge in [-0.2, -0.15) is 0 Å². The van der Waals surface area contributed by atoms with E-state index in [0.29, 0.717) is 13.0 Å². The van der Waals surface area contributed by atoms with Gasteiger partial charge >= 0.3 is 0 Å². The third kappa shape index (κ3) is 4.04.